The van der Waals surface area contributed by atoms with E-state index in [1.165, 1.54) is 0 Å². The fraction of sp³-hybridized carbons (Fsp3) is 0.571. The van der Waals surface area contributed by atoms with Crippen LogP contribution in [0.2, 0.25) is 5.02 Å². The van der Waals surface area contributed by atoms with Crippen molar-refractivity contribution < 1.29 is 13.2 Å². The van der Waals surface area contributed by atoms with Crippen molar-refractivity contribution in [1.82, 2.24) is 5.32 Å². The number of ether oxygens (including phenoxy) is 1. The first-order chi connectivity index (χ1) is 9.52. The molecule has 0 aliphatic carbocycles. The lowest BCUT2D eigenvalue weighted by molar-refractivity contribution is 0.221. The number of hydrogen-bond acceptors (Lipinski definition) is 4. The topological polar surface area (TPSA) is 55.4 Å². The van der Waals surface area contributed by atoms with E-state index in [1.54, 1.807) is 0 Å². The Morgan fingerprint density at radius 3 is 3.05 bits per heavy atom. The fourth-order valence-electron chi connectivity index (χ4n) is 2.88. The summed E-state index contributed by atoms with van der Waals surface area (Å²) in [5.74, 6) is 1.46. The SMILES string of the molecule is O=S1(=O)CCCC(NCC2Cc3cc(Cl)ccc3O2)C1. The average Bonchev–Trinajstić information content (AvgIpc) is 2.77. The third-order valence-corrected chi connectivity index (χ3v) is 5.92. The van der Waals surface area contributed by atoms with Gasteiger partial charge in [0.1, 0.15) is 11.9 Å². The molecule has 6 heteroatoms. The molecule has 0 radical (unpaired) electrons. The van der Waals surface area contributed by atoms with Gasteiger partial charge in [-0.3, -0.25) is 0 Å². The number of sulfone groups is 1. The smallest absolute Gasteiger partial charge is 0.151 e. The second-order valence-corrected chi connectivity index (χ2v) is 8.22. The quantitative estimate of drug-likeness (QED) is 0.924. The highest BCUT2D eigenvalue weighted by Crippen LogP contribution is 2.30. The first-order valence-corrected chi connectivity index (χ1v) is 9.11. The average molecular weight is 316 g/mol. The van der Waals surface area contributed by atoms with E-state index in [1.807, 2.05) is 18.2 Å². The van der Waals surface area contributed by atoms with E-state index in [0.717, 1.165) is 35.6 Å². The highest BCUT2D eigenvalue weighted by Gasteiger charge is 2.27. The third kappa shape index (κ3) is 3.27. The van der Waals surface area contributed by atoms with Crippen LogP contribution in [0, 0.1) is 0 Å². The van der Waals surface area contributed by atoms with E-state index in [9.17, 15) is 8.42 Å². The molecule has 110 valence electrons. The molecule has 2 atom stereocenters. The molecule has 0 amide bonds. The van der Waals surface area contributed by atoms with Gasteiger partial charge >= 0.3 is 0 Å². The van der Waals surface area contributed by atoms with Crippen molar-refractivity contribution in [1.29, 1.82) is 0 Å². The second kappa shape index (κ2) is 5.54. The largest absolute Gasteiger partial charge is 0.488 e. The number of nitrogens with one attached hydrogen (secondary N) is 1. The van der Waals surface area contributed by atoms with Crippen LogP contribution in [-0.4, -0.2) is 38.6 Å². The van der Waals surface area contributed by atoms with Crippen molar-refractivity contribution in [2.24, 2.45) is 0 Å². The lowest BCUT2D eigenvalue weighted by Gasteiger charge is -2.24. The zero-order valence-corrected chi connectivity index (χ0v) is 12.7. The summed E-state index contributed by atoms with van der Waals surface area (Å²) in [4.78, 5) is 0. The van der Waals surface area contributed by atoms with Gasteiger partial charge in [-0.1, -0.05) is 11.6 Å². The molecule has 1 aromatic carbocycles. The van der Waals surface area contributed by atoms with E-state index in [0.29, 0.717) is 12.3 Å². The second-order valence-electron chi connectivity index (χ2n) is 5.56. The standard InChI is InChI=1S/C14H18ClNO3S/c15-11-3-4-14-10(6-11)7-13(19-14)8-16-12-2-1-5-20(17,18)9-12/h3-4,6,12-13,16H,1-2,5,7-9H2. The molecule has 2 unspecified atom stereocenters. The Hall–Kier alpha value is -0.780. The van der Waals surface area contributed by atoms with Crippen molar-refractivity contribution in [3.05, 3.63) is 28.8 Å². The zero-order chi connectivity index (χ0) is 14.2. The molecule has 1 N–H and O–H groups in total. The van der Waals surface area contributed by atoms with E-state index < -0.39 is 9.84 Å². The van der Waals surface area contributed by atoms with Gasteiger partial charge in [-0.2, -0.15) is 0 Å². The number of benzene rings is 1. The predicted molar refractivity (Wildman–Crippen MR) is 79.3 cm³/mol. The predicted octanol–water partition coefficient (Wildman–Crippen LogP) is 1.81. The van der Waals surface area contributed by atoms with Gasteiger partial charge in [-0.15, -0.1) is 0 Å². The molecular formula is C14H18ClNO3S. The van der Waals surface area contributed by atoms with Crippen LogP contribution in [0.25, 0.3) is 0 Å². The molecule has 1 fully saturated rings. The molecule has 0 spiro atoms. The van der Waals surface area contributed by atoms with Crippen molar-refractivity contribution in [3.63, 3.8) is 0 Å². The lowest BCUT2D eigenvalue weighted by atomic mass is 10.1. The number of fused-ring (bicyclic) bond motifs is 1. The summed E-state index contributed by atoms with van der Waals surface area (Å²) < 4.78 is 29.0. The van der Waals surface area contributed by atoms with E-state index in [-0.39, 0.29) is 17.9 Å². The summed E-state index contributed by atoms with van der Waals surface area (Å²) in [6, 6.07) is 5.71. The van der Waals surface area contributed by atoms with E-state index >= 15 is 0 Å². The molecule has 20 heavy (non-hydrogen) atoms. The fourth-order valence-corrected chi connectivity index (χ4v) is 4.75. The third-order valence-electron chi connectivity index (χ3n) is 3.86. The summed E-state index contributed by atoms with van der Waals surface area (Å²) in [6.07, 6.45) is 2.56. The molecule has 2 aliphatic rings. The van der Waals surface area contributed by atoms with Gasteiger partial charge in [-0.25, -0.2) is 8.42 Å². The minimum atomic E-state index is -2.86. The molecule has 1 saturated heterocycles. The molecule has 0 saturated carbocycles. The minimum Gasteiger partial charge on any atom is -0.488 e. The molecule has 0 aromatic heterocycles. The molecule has 4 nitrogen and oxygen atoms in total. The summed E-state index contributed by atoms with van der Waals surface area (Å²) in [5, 5.41) is 4.05. The summed E-state index contributed by atoms with van der Waals surface area (Å²) >= 11 is 5.96. The van der Waals surface area contributed by atoms with Gasteiger partial charge < -0.3 is 10.1 Å². The van der Waals surface area contributed by atoms with Crippen LogP contribution < -0.4 is 10.1 Å². The highest BCUT2D eigenvalue weighted by atomic mass is 35.5. The minimum absolute atomic E-state index is 0.0599. The van der Waals surface area contributed by atoms with Gasteiger partial charge in [0.2, 0.25) is 0 Å². The Morgan fingerprint density at radius 1 is 1.40 bits per heavy atom. The Balaban J connectivity index is 1.54. The Kier molecular flexibility index (Phi) is 3.93. The summed E-state index contributed by atoms with van der Waals surface area (Å²) in [5.41, 5.74) is 1.13. The van der Waals surface area contributed by atoms with Crippen LogP contribution in [0.15, 0.2) is 18.2 Å². The highest BCUT2D eigenvalue weighted by molar-refractivity contribution is 7.91. The summed E-state index contributed by atoms with van der Waals surface area (Å²) in [6.45, 7) is 0.673. The van der Waals surface area contributed by atoms with E-state index in [2.05, 4.69) is 5.32 Å². The van der Waals surface area contributed by atoms with Crippen LogP contribution >= 0.6 is 11.6 Å². The van der Waals surface area contributed by atoms with Crippen molar-refractivity contribution >= 4 is 21.4 Å². The maximum atomic E-state index is 11.6. The molecule has 3 rings (SSSR count). The monoisotopic (exact) mass is 315 g/mol. The van der Waals surface area contributed by atoms with Gasteiger partial charge in [0.15, 0.2) is 9.84 Å². The number of rotatable bonds is 3. The number of hydrogen-bond donors (Lipinski definition) is 1. The Labute approximate surface area is 124 Å². The van der Waals surface area contributed by atoms with Gasteiger partial charge in [-0.05, 0) is 36.6 Å². The van der Waals surface area contributed by atoms with Gasteiger partial charge in [0.25, 0.3) is 0 Å². The maximum Gasteiger partial charge on any atom is 0.151 e. The summed E-state index contributed by atoms with van der Waals surface area (Å²) in [7, 11) is -2.86. The zero-order valence-electron chi connectivity index (χ0n) is 11.1. The van der Waals surface area contributed by atoms with Crippen LogP contribution in [-0.2, 0) is 16.3 Å². The Bertz CT molecular complexity index is 602. The van der Waals surface area contributed by atoms with Crippen LogP contribution in [0.4, 0.5) is 0 Å². The maximum absolute atomic E-state index is 11.6. The van der Waals surface area contributed by atoms with Crippen molar-refractivity contribution in [3.8, 4) is 5.75 Å². The molecule has 1 aromatic rings. The number of halogens is 1. The molecule has 0 bridgehead atoms. The normalized spacial score (nSPS) is 27.9. The van der Waals surface area contributed by atoms with E-state index in [4.69, 9.17) is 16.3 Å². The molecular weight excluding hydrogens is 298 g/mol. The molecule has 2 heterocycles. The van der Waals surface area contributed by atoms with Crippen molar-refractivity contribution in [2.45, 2.75) is 31.4 Å². The lowest BCUT2D eigenvalue weighted by Crippen LogP contribution is -2.44. The van der Waals surface area contributed by atoms with Crippen molar-refractivity contribution in [2.75, 3.05) is 18.1 Å². The first-order valence-electron chi connectivity index (χ1n) is 6.91. The van der Waals surface area contributed by atoms with Gasteiger partial charge in [0, 0.05) is 24.0 Å². The first kappa shape index (κ1) is 14.2. The van der Waals surface area contributed by atoms with Crippen LogP contribution in [0.1, 0.15) is 18.4 Å². The molecule has 2 aliphatic heterocycles. The van der Waals surface area contributed by atoms with Crippen LogP contribution in [0.5, 0.6) is 5.75 Å². The van der Waals surface area contributed by atoms with Gasteiger partial charge in [0.05, 0.1) is 11.5 Å². The Morgan fingerprint density at radius 2 is 2.25 bits per heavy atom. The van der Waals surface area contributed by atoms with Crippen LogP contribution in [0.3, 0.4) is 0 Å².